The Kier molecular flexibility index (Phi) is 5.49. The molecule has 3 rings (SSSR count). The molecule has 4 heteroatoms. The number of hydrogen-bond acceptors (Lipinski definition) is 2. The van der Waals surface area contributed by atoms with E-state index in [0.29, 0.717) is 18.5 Å². The van der Waals surface area contributed by atoms with Crippen molar-refractivity contribution in [2.45, 2.75) is 39.2 Å². The summed E-state index contributed by atoms with van der Waals surface area (Å²) in [6.07, 6.45) is 3.75. The molecular formula is C21H24N2O2. The number of hydrogen-bond donors (Lipinski definition) is 1. The van der Waals surface area contributed by atoms with Gasteiger partial charge in [-0.1, -0.05) is 37.6 Å². The van der Waals surface area contributed by atoms with E-state index in [1.165, 1.54) is 5.56 Å². The number of rotatable bonds is 6. The maximum Gasteiger partial charge on any atom is 0.255 e. The number of aryl methyl sites for hydroxylation is 1. The second kappa shape index (κ2) is 7.97. The van der Waals surface area contributed by atoms with E-state index in [-0.39, 0.29) is 11.8 Å². The monoisotopic (exact) mass is 336 g/mol. The van der Waals surface area contributed by atoms with Crippen molar-refractivity contribution in [3.05, 3.63) is 65.2 Å². The lowest BCUT2D eigenvalue weighted by molar-refractivity contribution is -0.128. The lowest BCUT2D eigenvalue weighted by Gasteiger charge is -2.15. The predicted molar refractivity (Wildman–Crippen MR) is 99.5 cm³/mol. The van der Waals surface area contributed by atoms with Crippen LogP contribution >= 0.6 is 0 Å². The van der Waals surface area contributed by atoms with E-state index in [2.05, 4.69) is 24.4 Å². The van der Waals surface area contributed by atoms with Crippen molar-refractivity contribution >= 4 is 17.5 Å². The minimum Gasteiger partial charge on any atom is -0.338 e. The largest absolute Gasteiger partial charge is 0.338 e. The van der Waals surface area contributed by atoms with Crippen LogP contribution in [-0.4, -0.2) is 23.3 Å². The lowest BCUT2D eigenvalue weighted by Crippen LogP contribution is -2.23. The van der Waals surface area contributed by atoms with Gasteiger partial charge < -0.3 is 10.2 Å². The van der Waals surface area contributed by atoms with Gasteiger partial charge in [0.05, 0.1) is 0 Å². The first-order chi connectivity index (χ1) is 12.2. The van der Waals surface area contributed by atoms with E-state index >= 15 is 0 Å². The maximum atomic E-state index is 12.4. The van der Waals surface area contributed by atoms with E-state index in [0.717, 1.165) is 37.1 Å². The van der Waals surface area contributed by atoms with Gasteiger partial charge in [0.25, 0.3) is 5.91 Å². The second-order valence-electron chi connectivity index (χ2n) is 6.52. The zero-order valence-corrected chi connectivity index (χ0v) is 14.6. The lowest BCUT2D eigenvalue weighted by atomic mass is 10.1. The Morgan fingerprint density at radius 1 is 1.04 bits per heavy atom. The van der Waals surface area contributed by atoms with Crippen LogP contribution < -0.4 is 5.32 Å². The van der Waals surface area contributed by atoms with Crippen molar-refractivity contribution in [2.75, 3.05) is 11.9 Å². The van der Waals surface area contributed by atoms with Gasteiger partial charge in [0, 0.05) is 30.8 Å². The van der Waals surface area contributed by atoms with Gasteiger partial charge in [0.2, 0.25) is 5.91 Å². The van der Waals surface area contributed by atoms with Crippen LogP contribution in [0.25, 0.3) is 0 Å². The zero-order chi connectivity index (χ0) is 17.6. The van der Waals surface area contributed by atoms with Crippen molar-refractivity contribution in [3.8, 4) is 0 Å². The van der Waals surface area contributed by atoms with E-state index in [4.69, 9.17) is 0 Å². The van der Waals surface area contributed by atoms with Crippen molar-refractivity contribution in [2.24, 2.45) is 0 Å². The van der Waals surface area contributed by atoms with Crippen molar-refractivity contribution in [1.29, 1.82) is 0 Å². The highest BCUT2D eigenvalue weighted by Gasteiger charge is 2.19. The zero-order valence-electron chi connectivity index (χ0n) is 14.6. The quantitative estimate of drug-likeness (QED) is 0.866. The van der Waals surface area contributed by atoms with E-state index in [9.17, 15) is 9.59 Å². The van der Waals surface area contributed by atoms with Crippen LogP contribution in [0.3, 0.4) is 0 Å². The first kappa shape index (κ1) is 17.2. The highest BCUT2D eigenvalue weighted by molar-refractivity contribution is 6.04. The van der Waals surface area contributed by atoms with E-state index < -0.39 is 0 Å². The molecule has 0 aromatic heterocycles. The topological polar surface area (TPSA) is 49.4 Å². The Morgan fingerprint density at radius 2 is 1.72 bits per heavy atom. The van der Waals surface area contributed by atoms with Crippen LogP contribution in [0.4, 0.5) is 5.69 Å². The molecule has 130 valence electrons. The molecule has 2 aromatic rings. The molecule has 2 amide bonds. The summed E-state index contributed by atoms with van der Waals surface area (Å²) in [5.74, 6) is 0.0976. The molecule has 1 aliphatic rings. The average Bonchev–Trinajstić information content (AvgIpc) is 3.02. The fraction of sp³-hybridized carbons (Fsp3) is 0.333. The number of nitrogens with one attached hydrogen (secondary N) is 1. The summed E-state index contributed by atoms with van der Waals surface area (Å²) < 4.78 is 0. The van der Waals surface area contributed by atoms with Crippen molar-refractivity contribution in [1.82, 2.24) is 4.90 Å². The molecule has 25 heavy (non-hydrogen) atoms. The van der Waals surface area contributed by atoms with Gasteiger partial charge in [-0.2, -0.15) is 0 Å². The molecule has 0 spiro atoms. The Hall–Kier alpha value is -2.62. The average molecular weight is 336 g/mol. The molecule has 0 radical (unpaired) electrons. The molecule has 1 fully saturated rings. The summed E-state index contributed by atoms with van der Waals surface area (Å²) in [7, 11) is 0. The van der Waals surface area contributed by atoms with Gasteiger partial charge >= 0.3 is 0 Å². The van der Waals surface area contributed by atoms with Crippen LogP contribution in [-0.2, 0) is 17.8 Å². The summed E-state index contributed by atoms with van der Waals surface area (Å²) in [6.45, 7) is 3.60. The van der Waals surface area contributed by atoms with Gasteiger partial charge in [-0.3, -0.25) is 9.59 Å². The fourth-order valence-corrected chi connectivity index (χ4v) is 3.10. The van der Waals surface area contributed by atoms with Gasteiger partial charge in [0.1, 0.15) is 0 Å². The molecule has 4 nitrogen and oxygen atoms in total. The molecule has 1 saturated heterocycles. The van der Waals surface area contributed by atoms with E-state index in [1.54, 1.807) is 0 Å². The number of carbonyl (C=O) groups excluding carboxylic acids is 2. The molecule has 2 aromatic carbocycles. The third-order valence-electron chi connectivity index (χ3n) is 4.51. The highest BCUT2D eigenvalue weighted by Crippen LogP contribution is 2.16. The van der Waals surface area contributed by atoms with Crippen LogP contribution in [0.5, 0.6) is 0 Å². The molecule has 1 N–H and O–H groups in total. The fourth-order valence-electron chi connectivity index (χ4n) is 3.10. The van der Waals surface area contributed by atoms with Crippen molar-refractivity contribution in [3.63, 3.8) is 0 Å². The summed E-state index contributed by atoms with van der Waals surface area (Å²) in [5, 5.41) is 2.92. The summed E-state index contributed by atoms with van der Waals surface area (Å²) in [6, 6.07) is 15.5. The summed E-state index contributed by atoms with van der Waals surface area (Å²) in [4.78, 5) is 25.9. The first-order valence-electron chi connectivity index (χ1n) is 8.92. The third-order valence-corrected chi connectivity index (χ3v) is 4.51. The smallest absolute Gasteiger partial charge is 0.255 e. The number of carbonyl (C=O) groups is 2. The molecule has 1 heterocycles. The number of anilines is 1. The third kappa shape index (κ3) is 4.47. The van der Waals surface area contributed by atoms with E-state index in [1.807, 2.05) is 41.3 Å². The Balaban J connectivity index is 1.59. The Bertz CT molecular complexity index is 735. The van der Waals surface area contributed by atoms with Crippen LogP contribution in [0, 0.1) is 0 Å². The van der Waals surface area contributed by atoms with Gasteiger partial charge in [-0.05, 0) is 48.2 Å². The molecule has 0 atom stereocenters. The first-order valence-corrected chi connectivity index (χ1v) is 8.92. The molecule has 0 unspecified atom stereocenters. The Morgan fingerprint density at radius 3 is 2.32 bits per heavy atom. The maximum absolute atomic E-state index is 12.4. The highest BCUT2D eigenvalue weighted by atomic mass is 16.2. The number of benzene rings is 2. The van der Waals surface area contributed by atoms with Gasteiger partial charge in [-0.25, -0.2) is 0 Å². The molecule has 0 aliphatic carbocycles. The summed E-state index contributed by atoms with van der Waals surface area (Å²) in [5.41, 5.74) is 3.75. The van der Waals surface area contributed by atoms with Crippen LogP contribution in [0.15, 0.2) is 48.5 Å². The Labute approximate surface area is 148 Å². The standard InChI is InChI=1S/C21H24N2O2/c1-2-4-16-8-12-19(13-9-16)22-21(25)18-10-6-17(7-11-18)15-23-14-3-5-20(23)24/h6-13H,2-5,14-15H2,1H3,(H,22,25). The number of nitrogens with zero attached hydrogens (tertiary/aromatic N) is 1. The second-order valence-corrected chi connectivity index (χ2v) is 6.52. The SMILES string of the molecule is CCCc1ccc(NC(=O)c2ccc(CN3CCCC3=O)cc2)cc1. The van der Waals surface area contributed by atoms with Crippen LogP contribution in [0.2, 0.25) is 0 Å². The molecular weight excluding hydrogens is 312 g/mol. The summed E-state index contributed by atoms with van der Waals surface area (Å²) >= 11 is 0. The van der Waals surface area contributed by atoms with Gasteiger partial charge in [-0.15, -0.1) is 0 Å². The molecule has 0 saturated carbocycles. The van der Waals surface area contributed by atoms with Gasteiger partial charge in [0.15, 0.2) is 0 Å². The number of amides is 2. The van der Waals surface area contributed by atoms with Crippen LogP contribution in [0.1, 0.15) is 47.7 Å². The minimum absolute atomic E-state index is 0.118. The molecule has 1 aliphatic heterocycles. The molecule has 0 bridgehead atoms. The normalized spacial score (nSPS) is 14.0. The number of likely N-dealkylation sites (tertiary alicyclic amines) is 1. The predicted octanol–water partition coefficient (Wildman–Crippen LogP) is 4.01. The minimum atomic E-state index is -0.118. The van der Waals surface area contributed by atoms with Crippen molar-refractivity contribution < 1.29 is 9.59 Å².